The molecule has 1 heterocycles. The Morgan fingerprint density at radius 2 is 1.79 bits per heavy atom. The molecule has 2 aromatic rings. The largest absolute Gasteiger partial charge is 0.456 e. The van der Waals surface area contributed by atoms with Gasteiger partial charge in [-0.05, 0) is 87.4 Å². The molecule has 2 aliphatic rings. The molecular weight excluding hydrogens is 464 g/mol. The number of morpholine rings is 1. The van der Waals surface area contributed by atoms with Crippen molar-refractivity contribution in [2.24, 2.45) is 0 Å². The molecule has 1 saturated carbocycles. The van der Waals surface area contributed by atoms with E-state index in [1.165, 1.54) is 6.07 Å². The van der Waals surface area contributed by atoms with E-state index in [4.69, 9.17) is 32.7 Å². The first kappa shape index (κ1) is 26.0. The first-order valence-corrected chi connectivity index (χ1v) is 12.1. The average Bonchev–Trinajstić information content (AvgIpc) is 3.56. The second-order valence-electron chi connectivity index (χ2n) is 9.61. The quantitative estimate of drug-likeness (QED) is 0.437. The zero-order valence-electron chi connectivity index (χ0n) is 19.7. The third-order valence-electron chi connectivity index (χ3n) is 5.44. The first-order valence-electron chi connectivity index (χ1n) is 11.3. The maximum atomic E-state index is 14.5. The monoisotopic (exact) mass is 495 g/mol. The predicted molar refractivity (Wildman–Crippen MR) is 131 cm³/mol. The molecule has 1 saturated heterocycles. The van der Waals surface area contributed by atoms with Gasteiger partial charge in [0.25, 0.3) is 0 Å². The highest BCUT2D eigenvalue weighted by Gasteiger charge is 2.30. The lowest BCUT2D eigenvalue weighted by molar-refractivity contribution is 0.00645. The van der Waals surface area contributed by atoms with E-state index in [2.05, 4.69) is 4.90 Å². The minimum absolute atomic E-state index is 0.0533. The fourth-order valence-corrected chi connectivity index (χ4v) is 3.99. The Morgan fingerprint density at radius 1 is 1.12 bits per heavy atom. The van der Waals surface area contributed by atoms with E-state index < -0.39 is 17.4 Å². The highest BCUT2D eigenvalue weighted by atomic mass is 35.5. The SMILES string of the molecule is CC(C)(C)OC(=O)c1cc(C2CC2)c(CN2CCOCC2)cc1F.Cc1ccc(Cl)c(Cl)c1. The van der Waals surface area contributed by atoms with Crippen LogP contribution in [0, 0.1) is 12.7 Å². The lowest BCUT2D eigenvalue weighted by Gasteiger charge is -2.27. The van der Waals surface area contributed by atoms with E-state index in [0.29, 0.717) is 22.5 Å². The summed E-state index contributed by atoms with van der Waals surface area (Å²) in [5, 5.41) is 1.24. The van der Waals surface area contributed by atoms with Gasteiger partial charge in [-0.2, -0.15) is 0 Å². The molecule has 4 rings (SSSR count). The van der Waals surface area contributed by atoms with Crippen LogP contribution in [0.25, 0.3) is 0 Å². The summed E-state index contributed by atoms with van der Waals surface area (Å²) in [6.07, 6.45) is 2.21. The van der Waals surface area contributed by atoms with Crippen LogP contribution in [0.5, 0.6) is 0 Å². The van der Waals surface area contributed by atoms with Gasteiger partial charge in [-0.1, -0.05) is 29.3 Å². The molecular formula is C26H32Cl2FNO3. The minimum Gasteiger partial charge on any atom is -0.456 e. The van der Waals surface area contributed by atoms with Gasteiger partial charge in [0.2, 0.25) is 0 Å². The molecule has 2 fully saturated rings. The Bertz CT molecular complexity index is 980. The van der Waals surface area contributed by atoms with E-state index in [0.717, 1.165) is 55.8 Å². The molecule has 2 aromatic carbocycles. The summed E-state index contributed by atoms with van der Waals surface area (Å²) in [7, 11) is 0. The molecule has 180 valence electrons. The summed E-state index contributed by atoms with van der Waals surface area (Å²) < 4.78 is 25.3. The second kappa shape index (κ2) is 11.2. The Hall–Kier alpha value is -1.66. The number of esters is 1. The van der Waals surface area contributed by atoms with Crippen LogP contribution < -0.4 is 0 Å². The fourth-order valence-electron chi connectivity index (χ4n) is 3.63. The Kier molecular flexibility index (Phi) is 8.79. The number of nitrogens with zero attached hydrogens (tertiary/aromatic N) is 1. The summed E-state index contributed by atoms with van der Waals surface area (Å²) in [6.45, 7) is 11.2. The average molecular weight is 496 g/mol. The molecule has 0 bridgehead atoms. The van der Waals surface area contributed by atoms with Crippen molar-refractivity contribution >= 4 is 29.2 Å². The number of hydrogen-bond acceptors (Lipinski definition) is 4. The smallest absolute Gasteiger partial charge is 0.341 e. The third kappa shape index (κ3) is 7.96. The molecule has 0 spiro atoms. The first-order chi connectivity index (χ1) is 15.5. The van der Waals surface area contributed by atoms with E-state index in [-0.39, 0.29) is 5.56 Å². The maximum absolute atomic E-state index is 14.5. The van der Waals surface area contributed by atoms with E-state index in [9.17, 15) is 9.18 Å². The van der Waals surface area contributed by atoms with Gasteiger partial charge < -0.3 is 9.47 Å². The van der Waals surface area contributed by atoms with Crippen molar-refractivity contribution in [3.63, 3.8) is 0 Å². The van der Waals surface area contributed by atoms with Crippen LogP contribution in [-0.4, -0.2) is 42.8 Å². The van der Waals surface area contributed by atoms with Crippen molar-refractivity contribution in [3.8, 4) is 0 Å². The third-order valence-corrected chi connectivity index (χ3v) is 6.18. The molecule has 1 aliphatic heterocycles. The highest BCUT2D eigenvalue weighted by molar-refractivity contribution is 6.42. The number of hydrogen-bond donors (Lipinski definition) is 0. The molecule has 0 radical (unpaired) electrons. The molecule has 0 unspecified atom stereocenters. The fraction of sp³-hybridized carbons (Fsp3) is 0.500. The van der Waals surface area contributed by atoms with Crippen LogP contribution in [-0.2, 0) is 16.0 Å². The lowest BCUT2D eigenvalue weighted by Crippen LogP contribution is -2.36. The van der Waals surface area contributed by atoms with Gasteiger partial charge in [0.1, 0.15) is 11.4 Å². The van der Waals surface area contributed by atoms with Crippen LogP contribution in [0.4, 0.5) is 4.39 Å². The van der Waals surface area contributed by atoms with Gasteiger partial charge in [-0.3, -0.25) is 4.90 Å². The van der Waals surface area contributed by atoms with Crippen molar-refractivity contribution in [2.75, 3.05) is 26.3 Å². The molecule has 0 N–H and O–H groups in total. The Morgan fingerprint density at radius 3 is 2.33 bits per heavy atom. The van der Waals surface area contributed by atoms with Crippen LogP contribution in [0.3, 0.4) is 0 Å². The van der Waals surface area contributed by atoms with Crippen LogP contribution >= 0.6 is 23.2 Å². The molecule has 33 heavy (non-hydrogen) atoms. The van der Waals surface area contributed by atoms with Crippen molar-refractivity contribution < 1.29 is 18.7 Å². The van der Waals surface area contributed by atoms with Crippen molar-refractivity contribution in [2.45, 2.75) is 58.6 Å². The van der Waals surface area contributed by atoms with Gasteiger partial charge in [-0.15, -0.1) is 0 Å². The number of carbonyl (C=O) groups excluding carboxylic acids is 1. The van der Waals surface area contributed by atoms with Crippen molar-refractivity contribution in [1.82, 2.24) is 4.90 Å². The summed E-state index contributed by atoms with van der Waals surface area (Å²) in [5.41, 5.74) is 2.64. The molecule has 4 nitrogen and oxygen atoms in total. The highest BCUT2D eigenvalue weighted by Crippen LogP contribution is 2.43. The van der Waals surface area contributed by atoms with Crippen LogP contribution in [0.2, 0.25) is 10.0 Å². The van der Waals surface area contributed by atoms with Gasteiger partial charge >= 0.3 is 5.97 Å². The van der Waals surface area contributed by atoms with Crippen LogP contribution in [0.15, 0.2) is 30.3 Å². The van der Waals surface area contributed by atoms with E-state index in [1.807, 2.05) is 19.1 Å². The molecule has 7 heteroatoms. The summed E-state index contributed by atoms with van der Waals surface area (Å²) in [6, 6.07) is 8.80. The van der Waals surface area contributed by atoms with Crippen LogP contribution in [0.1, 0.15) is 66.6 Å². The van der Waals surface area contributed by atoms with Crippen molar-refractivity contribution in [3.05, 3.63) is 68.4 Å². The zero-order chi connectivity index (χ0) is 24.2. The van der Waals surface area contributed by atoms with Gasteiger partial charge in [0.15, 0.2) is 0 Å². The van der Waals surface area contributed by atoms with E-state index in [1.54, 1.807) is 32.9 Å². The Balaban J connectivity index is 0.000000286. The van der Waals surface area contributed by atoms with Gasteiger partial charge in [0.05, 0.1) is 28.8 Å². The predicted octanol–water partition coefficient (Wildman–Crippen LogP) is 6.79. The summed E-state index contributed by atoms with van der Waals surface area (Å²) >= 11 is 11.3. The standard InChI is InChI=1S/C19H26FNO3.C7H6Cl2/c1-19(2,3)24-18(22)16-11-15(13-4-5-13)14(10-17(16)20)12-21-6-8-23-9-7-21;1-5-2-3-6(8)7(9)4-5/h10-11,13H,4-9,12H2,1-3H3;2-4H,1H3. The number of benzene rings is 2. The number of rotatable bonds is 4. The summed E-state index contributed by atoms with van der Waals surface area (Å²) in [5.74, 6) is -0.625. The maximum Gasteiger partial charge on any atom is 0.341 e. The van der Waals surface area contributed by atoms with E-state index >= 15 is 0 Å². The molecule has 0 aromatic heterocycles. The molecule has 0 atom stereocenters. The Labute approximate surface area is 206 Å². The lowest BCUT2D eigenvalue weighted by atomic mass is 9.98. The number of halogens is 3. The number of carbonyl (C=O) groups is 1. The molecule has 1 aliphatic carbocycles. The number of ether oxygens (including phenoxy) is 2. The number of aryl methyl sites for hydroxylation is 1. The zero-order valence-corrected chi connectivity index (χ0v) is 21.2. The minimum atomic E-state index is -0.629. The second-order valence-corrected chi connectivity index (χ2v) is 10.4. The summed E-state index contributed by atoms with van der Waals surface area (Å²) in [4.78, 5) is 14.6. The molecule has 0 amide bonds. The topological polar surface area (TPSA) is 38.8 Å². The normalized spacial score (nSPS) is 16.7. The van der Waals surface area contributed by atoms with Gasteiger partial charge in [0, 0.05) is 19.6 Å². The van der Waals surface area contributed by atoms with Gasteiger partial charge in [-0.25, -0.2) is 9.18 Å². The van der Waals surface area contributed by atoms with Crippen molar-refractivity contribution in [1.29, 1.82) is 0 Å².